The summed E-state index contributed by atoms with van der Waals surface area (Å²) in [6.07, 6.45) is 18.5. The maximum atomic E-state index is 4.49. The third-order valence-electron chi connectivity index (χ3n) is 6.75. The number of nitrogens with zero attached hydrogens (tertiary/aromatic N) is 4. The maximum absolute atomic E-state index is 4.49. The van der Waals surface area contributed by atoms with Crippen molar-refractivity contribution in [1.29, 1.82) is 0 Å². The summed E-state index contributed by atoms with van der Waals surface area (Å²) in [7, 11) is 0. The SMILES string of the molecule is C=C/C(=C\C=C(/C)c1c(C=C)c(C=C)c(-c2ccc(CN=C/C=C(/C)N=C)cc2)c2ccccc12)CN=C/C=C\N=C. The molecule has 3 aromatic carbocycles. The Labute approximate surface area is 250 Å². The third kappa shape index (κ3) is 7.92. The van der Waals surface area contributed by atoms with Crippen molar-refractivity contribution in [2.45, 2.75) is 20.4 Å². The van der Waals surface area contributed by atoms with Gasteiger partial charge in [-0.25, -0.2) is 0 Å². The fraction of sp³-hybridized carbons (Fsp3) is 0.105. The number of aliphatic imine (C=N–C) groups is 4. The number of allylic oxidation sites excluding steroid dienone is 6. The monoisotopic (exact) mass is 550 g/mol. The highest BCUT2D eigenvalue weighted by atomic mass is 14.7. The van der Waals surface area contributed by atoms with Gasteiger partial charge in [-0.1, -0.05) is 98.6 Å². The Kier molecular flexibility index (Phi) is 12.0. The number of hydrogen-bond acceptors (Lipinski definition) is 4. The second-order valence-electron chi connectivity index (χ2n) is 9.49. The zero-order valence-corrected chi connectivity index (χ0v) is 24.6. The van der Waals surface area contributed by atoms with E-state index < -0.39 is 0 Å². The first-order valence-electron chi connectivity index (χ1n) is 13.7. The summed E-state index contributed by atoms with van der Waals surface area (Å²) in [4.78, 5) is 16.4. The van der Waals surface area contributed by atoms with Crippen molar-refractivity contribution in [3.05, 3.63) is 138 Å². The molecule has 0 bridgehead atoms. The molecule has 0 N–H and O–H groups in total. The fourth-order valence-corrected chi connectivity index (χ4v) is 4.61. The molecular weight excluding hydrogens is 512 g/mol. The molecule has 0 amide bonds. The molecule has 0 aliphatic rings. The van der Waals surface area contributed by atoms with Crippen LogP contribution in [0, 0.1) is 0 Å². The molecule has 3 aromatic rings. The van der Waals surface area contributed by atoms with Gasteiger partial charge in [0.05, 0.1) is 13.1 Å². The summed E-state index contributed by atoms with van der Waals surface area (Å²) in [5.74, 6) is 0. The fourth-order valence-electron chi connectivity index (χ4n) is 4.61. The van der Waals surface area contributed by atoms with Crippen LogP contribution in [0.25, 0.3) is 39.6 Å². The lowest BCUT2D eigenvalue weighted by molar-refractivity contribution is 1.08. The minimum absolute atomic E-state index is 0.518. The van der Waals surface area contributed by atoms with Crippen LogP contribution in [-0.2, 0) is 6.54 Å². The van der Waals surface area contributed by atoms with Gasteiger partial charge in [0.15, 0.2) is 0 Å². The lowest BCUT2D eigenvalue weighted by Gasteiger charge is -2.20. The van der Waals surface area contributed by atoms with Crippen LogP contribution in [0.2, 0.25) is 0 Å². The lowest BCUT2D eigenvalue weighted by Crippen LogP contribution is -1.98. The van der Waals surface area contributed by atoms with Crippen molar-refractivity contribution in [2.24, 2.45) is 20.0 Å². The van der Waals surface area contributed by atoms with Crippen LogP contribution in [-0.4, -0.2) is 32.4 Å². The molecule has 210 valence electrons. The molecule has 42 heavy (non-hydrogen) atoms. The summed E-state index contributed by atoms with van der Waals surface area (Å²) in [6.45, 7) is 24.4. The summed E-state index contributed by atoms with van der Waals surface area (Å²) in [5, 5.41) is 2.31. The Hall–Kier alpha value is -5.22. The maximum Gasteiger partial charge on any atom is 0.0639 e. The van der Waals surface area contributed by atoms with Gasteiger partial charge in [0.2, 0.25) is 0 Å². The predicted octanol–water partition coefficient (Wildman–Crippen LogP) is 9.77. The highest BCUT2D eigenvalue weighted by Gasteiger charge is 2.18. The number of hydrogen-bond donors (Lipinski definition) is 0. The predicted molar refractivity (Wildman–Crippen MR) is 189 cm³/mol. The lowest BCUT2D eigenvalue weighted by atomic mass is 9.83. The van der Waals surface area contributed by atoms with Crippen molar-refractivity contribution in [2.75, 3.05) is 6.54 Å². The van der Waals surface area contributed by atoms with E-state index in [1.54, 1.807) is 24.7 Å². The molecular formula is C38H38N4. The van der Waals surface area contributed by atoms with Crippen molar-refractivity contribution >= 4 is 54.4 Å². The summed E-state index contributed by atoms with van der Waals surface area (Å²) < 4.78 is 0. The highest BCUT2D eigenvalue weighted by Crippen LogP contribution is 2.41. The van der Waals surface area contributed by atoms with E-state index in [1.807, 2.05) is 31.2 Å². The molecule has 3 rings (SSSR count). The normalized spacial score (nSPS) is 12.9. The zero-order valence-electron chi connectivity index (χ0n) is 24.6. The second kappa shape index (κ2) is 16.1. The zero-order chi connectivity index (χ0) is 30.3. The summed E-state index contributed by atoms with van der Waals surface area (Å²) in [6, 6.07) is 17.1. The summed E-state index contributed by atoms with van der Waals surface area (Å²) >= 11 is 0. The van der Waals surface area contributed by atoms with Crippen molar-refractivity contribution in [3.63, 3.8) is 0 Å². The van der Waals surface area contributed by atoms with Gasteiger partial charge < -0.3 is 0 Å². The molecule has 4 nitrogen and oxygen atoms in total. The minimum atomic E-state index is 0.518. The van der Waals surface area contributed by atoms with E-state index in [2.05, 4.69) is 121 Å². The first-order chi connectivity index (χ1) is 20.5. The Morgan fingerprint density at radius 2 is 1.50 bits per heavy atom. The standard InChI is InChI=1S/C38H38N4/c1-8-30(26-41-24-13-23-39-6)17-16-28(4)37-33(9-2)34(10-3)38(36-15-12-11-14-35(36)37)32-20-18-31(19-21-32)27-42-25-22-29(5)40-7/h8-25H,1-3,6-7,26-27H2,4-5H3/b23-13-,28-16+,29-22-,30-17+,41-24?,42-25?. The number of fused-ring (bicyclic) bond motifs is 1. The van der Waals surface area contributed by atoms with E-state index in [0.717, 1.165) is 61.0 Å². The molecule has 0 atom stereocenters. The van der Waals surface area contributed by atoms with Gasteiger partial charge in [0, 0.05) is 24.3 Å². The van der Waals surface area contributed by atoms with Gasteiger partial charge >= 0.3 is 0 Å². The van der Waals surface area contributed by atoms with Gasteiger partial charge in [-0.15, -0.1) is 0 Å². The average molecular weight is 551 g/mol. The molecule has 0 spiro atoms. The van der Waals surface area contributed by atoms with Crippen molar-refractivity contribution in [3.8, 4) is 11.1 Å². The Bertz CT molecular complexity index is 1660. The van der Waals surface area contributed by atoms with Crippen molar-refractivity contribution in [1.82, 2.24) is 0 Å². The van der Waals surface area contributed by atoms with E-state index in [0.29, 0.717) is 13.1 Å². The van der Waals surface area contributed by atoms with E-state index in [1.165, 1.54) is 0 Å². The van der Waals surface area contributed by atoms with E-state index >= 15 is 0 Å². The van der Waals surface area contributed by atoms with Gasteiger partial charge in [0.25, 0.3) is 0 Å². The van der Waals surface area contributed by atoms with E-state index in [9.17, 15) is 0 Å². The Morgan fingerprint density at radius 3 is 2.14 bits per heavy atom. The molecule has 0 saturated carbocycles. The number of benzene rings is 3. The minimum Gasteiger partial charge on any atom is -0.288 e. The van der Waals surface area contributed by atoms with Crippen LogP contribution in [0.3, 0.4) is 0 Å². The van der Waals surface area contributed by atoms with E-state index in [-0.39, 0.29) is 0 Å². The largest absolute Gasteiger partial charge is 0.288 e. The quantitative estimate of drug-likeness (QED) is 0.142. The van der Waals surface area contributed by atoms with Crippen LogP contribution < -0.4 is 0 Å². The Balaban J connectivity index is 2.09. The molecule has 0 radical (unpaired) electrons. The van der Waals surface area contributed by atoms with Gasteiger partial charge in [-0.2, -0.15) is 0 Å². The number of rotatable bonds is 14. The first kappa shape index (κ1) is 31.3. The van der Waals surface area contributed by atoms with Gasteiger partial charge in [-0.3, -0.25) is 20.0 Å². The molecule has 0 unspecified atom stereocenters. The van der Waals surface area contributed by atoms with Gasteiger partial charge in [-0.05, 0) is 94.7 Å². The molecule has 0 saturated heterocycles. The molecule has 0 heterocycles. The van der Waals surface area contributed by atoms with Crippen LogP contribution in [0.15, 0.2) is 136 Å². The molecule has 0 aliphatic heterocycles. The Morgan fingerprint density at radius 1 is 0.786 bits per heavy atom. The van der Waals surface area contributed by atoms with Gasteiger partial charge in [0.1, 0.15) is 0 Å². The van der Waals surface area contributed by atoms with E-state index in [4.69, 9.17) is 0 Å². The van der Waals surface area contributed by atoms with Crippen LogP contribution >= 0.6 is 0 Å². The third-order valence-corrected chi connectivity index (χ3v) is 6.75. The first-order valence-corrected chi connectivity index (χ1v) is 13.7. The average Bonchev–Trinajstić information content (AvgIpc) is 3.03. The smallest absolute Gasteiger partial charge is 0.0639 e. The van der Waals surface area contributed by atoms with Crippen LogP contribution in [0.4, 0.5) is 0 Å². The van der Waals surface area contributed by atoms with Crippen LogP contribution in [0.1, 0.15) is 36.1 Å². The molecule has 4 heteroatoms. The summed E-state index contributed by atoms with van der Waals surface area (Å²) in [5.41, 5.74) is 9.55. The van der Waals surface area contributed by atoms with Crippen molar-refractivity contribution < 1.29 is 0 Å². The van der Waals surface area contributed by atoms with Crippen LogP contribution in [0.5, 0.6) is 0 Å². The topological polar surface area (TPSA) is 49.4 Å². The second-order valence-corrected chi connectivity index (χ2v) is 9.49. The molecule has 0 fully saturated rings. The molecule has 0 aliphatic carbocycles. The molecule has 0 aromatic heterocycles. The highest BCUT2D eigenvalue weighted by molar-refractivity contribution is 6.09.